The number of hydrogen-bond acceptors (Lipinski definition) is 7. The molecule has 3 N–H and O–H groups in total. The number of ether oxygens (including phenoxy) is 1. The molecular formula is C28H42N6O6S. The van der Waals surface area contributed by atoms with Gasteiger partial charge < -0.3 is 29.9 Å². The molecule has 2 aromatic rings. The van der Waals surface area contributed by atoms with E-state index >= 15 is 0 Å². The molecule has 1 aliphatic heterocycles. The molecule has 3 atom stereocenters. The van der Waals surface area contributed by atoms with Crippen LogP contribution < -0.4 is 15.4 Å². The van der Waals surface area contributed by atoms with E-state index in [4.69, 9.17) is 4.74 Å². The molecule has 0 spiro atoms. The number of likely N-dealkylation sites (N-methyl/N-ethyl adjacent to an activating group) is 1. The van der Waals surface area contributed by atoms with Gasteiger partial charge in [-0.15, -0.1) is 0 Å². The van der Waals surface area contributed by atoms with Crippen molar-refractivity contribution in [2.24, 2.45) is 13.0 Å². The summed E-state index contributed by atoms with van der Waals surface area (Å²) in [5, 5.41) is 15.7. The number of aromatic nitrogens is 2. The standard InChI is InChI=1S/C28H42N6O6S/c1-19-14-34(20(2)17-35)27(36)13-21-12-23(31-28(37)30-22-8-6-5-7-9-22)10-11-24(21)40-25(19)15-33(4)41(38,39)26-16-32(3)18-29-26/h10-12,16,18-20,22,25,35H,5-9,13-15,17H2,1-4H3,(H2,30,31,37)/t19-,20-,25+/m1/s1. The molecule has 1 aromatic heterocycles. The van der Waals surface area contributed by atoms with Crippen molar-refractivity contribution in [1.29, 1.82) is 0 Å². The van der Waals surface area contributed by atoms with Gasteiger partial charge in [-0.2, -0.15) is 4.31 Å². The second-order valence-corrected chi connectivity index (χ2v) is 13.3. The van der Waals surface area contributed by atoms with Gasteiger partial charge in [-0.3, -0.25) is 4.79 Å². The van der Waals surface area contributed by atoms with Gasteiger partial charge in [0.15, 0.2) is 5.03 Å². The number of carbonyl (C=O) groups is 2. The summed E-state index contributed by atoms with van der Waals surface area (Å²) >= 11 is 0. The summed E-state index contributed by atoms with van der Waals surface area (Å²) in [6.45, 7) is 3.73. The van der Waals surface area contributed by atoms with Crippen LogP contribution in [0.1, 0.15) is 51.5 Å². The van der Waals surface area contributed by atoms with Gasteiger partial charge in [-0.1, -0.05) is 26.2 Å². The molecule has 2 aliphatic rings. The normalized spacial score (nSPS) is 21.3. The Hall–Kier alpha value is -3.16. The summed E-state index contributed by atoms with van der Waals surface area (Å²) in [4.78, 5) is 31.7. The number of nitrogens with one attached hydrogen (secondary N) is 2. The lowest BCUT2D eigenvalue weighted by atomic mass is 9.96. The first kappa shape index (κ1) is 30.8. The Bertz CT molecular complexity index is 1330. The summed E-state index contributed by atoms with van der Waals surface area (Å²) < 4.78 is 35.6. The molecule has 3 amide bonds. The first-order valence-electron chi connectivity index (χ1n) is 14.2. The predicted molar refractivity (Wildman–Crippen MR) is 154 cm³/mol. The number of nitrogens with zero attached hydrogens (tertiary/aromatic N) is 4. The molecule has 1 aliphatic carbocycles. The molecule has 0 radical (unpaired) electrons. The Morgan fingerprint density at radius 2 is 2.00 bits per heavy atom. The topological polar surface area (TPSA) is 146 Å². The molecule has 1 saturated carbocycles. The van der Waals surface area contributed by atoms with E-state index in [1.807, 2.05) is 6.92 Å². The Morgan fingerprint density at radius 3 is 2.66 bits per heavy atom. The molecule has 13 heteroatoms. The second kappa shape index (κ2) is 13.2. The highest BCUT2D eigenvalue weighted by atomic mass is 32.2. The van der Waals surface area contributed by atoms with Gasteiger partial charge in [0.05, 0.1) is 31.9 Å². The van der Waals surface area contributed by atoms with Gasteiger partial charge in [0.1, 0.15) is 11.9 Å². The van der Waals surface area contributed by atoms with Crippen LogP contribution in [0.5, 0.6) is 5.75 Å². The van der Waals surface area contributed by atoms with Gasteiger partial charge in [0.2, 0.25) is 5.91 Å². The number of anilines is 1. The smallest absolute Gasteiger partial charge is 0.319 e. The number of aliphatic hydroxyl groups is 1. The summed E-state index contributed by atoms with van der Waals surface area (Å²) in [5.74, 6) is -0.0305. The van der Waals surface area contributed by atoms with Crippen LogP contribution in [-0.4, -0.2) is 89.2 Å². The fourth-order valence-corrected chi connectivity index (χ4v) is 6.50. The minimum absolute atomic E-state index is 0.000943. The van der Waals surface area contributed by atoms with E-state index in [0.29, 0.717) is 17.0 Å². The van der Waals surface area contributed by atoms with Crippen molar-refractivity contribution in [2.45, 2.75) is 75.6 Å². The average molecular weight is 591 g/mol. The van der Waals surface area contributed by atoms with Crippen molar-refractivity contribution in [1.82, 2.24) is 24.1 Å². The second-order valence-electron chi connectivity index (χ2n) is 11.3. The number of imidazole rings is 1. The summed E-state index contributed by atoms with van der Waals surface area (Å²) in [6, 6.07) is 4.55. The molecular weight excluding hydrogens is 548 g/mol. The molecule has 41 heavy (non-hydrogen) atoms. The molecule has 0 saturated heterocycles. The number of sulfonamides is 1. The minimum atomic E-state index is -3.88. The third-order valence-corrected chi connectivity index (χ3v) is 9.62. The summed E-state index contributed by atoms with van der Waals surface area (Å²) in [5.41, 5.74) is 1.09. The highest BCUT2D eigenvalue weighted by Gasteiger charge is 2.34. The number of benzene rings is 1. The largest absolute Gasteiger partial charge is 0.488 e. The quantitative estimate of drug-likeness (QED) is 0.428. The fourth-order valence-electron chi connectivity index (χ4n) is 5.36. The zero-order valence-corrected chi connectivity index (χ0v) is 25.1. The van der Waals surface area contributed by atoms with Crippen molar-refractivity contribution in [2.75, 3.05) is 32.1 Å². The first-order valence-corrected chi connectivity index (χ1v) is 15.6. The number of aryl methyl sites for hydroxylation is 1. The Labute approximate surface area is 242 Å². The van der Waals surface area contributed by atoms with Crippen LogP contribution in [-0.2, 0) is 28.3 Å². The molecule has 0 bridgehead atoms. The van der Waals surface area contributed by atoms with Gasteiger partial charge in [-0.05, 0) is 38.0 Å². The van der Waals surface area contributed by atoms with E-state index in [1.165, 1.54) is 30.3 Å². The van der Waals surface area contributed by atoms with Gasteiger partial charge >= 0.3 is 6.03 Å². The molecule has 0 unspecified atom stereocenters. The molecule has 226 valence electrons. The third-order valence-electron chi connectivity index (χ3n) is 7.91. The van der Waals surface area contributed by atoms with Crippen LogP contribution in [0.25, 0.3) is 0 Å². The third kappa shape index (κ3) is 7.57. The van der Waals surface area contributed by atoms with E-state index in [-0.39, 0.29) is 55.0 Å². The highest BCUT2D eigenvalue weighted by Crippen LogP contribution is 2.30. The maximum absolute atomic E-state index is 13.4. The molecule has 1 aromatic carbocycles. The fraction of sp³-hybridized carbons (Fsp3) is 0.607. The molecule has 2 heterocycles. The number of amides is 3. The number of aliphatic hydroxyl groups excluding tert-OH is 1. The van der Waals surface area contributed by atoms with Crippen LogP contribution in [0.4, 0.5) is 10.5 Å². The van der Waals surface area contributed by atoms with Crippen LogP contribution in [0.3, 0.4) is 0 Å². The summed E-state index contributed by atoms with van der Waals surface area (Å²) in [7, 11) is -0.705. The molecule has 4 rings (SSSR count). The lowest BCUT2D eigenvalue weighted by Crippen LogP contribution is -2.48. The predicted octanol–water partition coefficient (Wildman–Crippen LogP) is 2.34. The molecule has 1 fully saturated rings. The van der Waals surface area contributed by atoms with E-state index in [9.17, 15) is 23.1 Å². The maximum Gasteiger partial charge on any atom is 0.319 e. The van der Waals surface area contributed by atoms with Crippen molar-refractivity contribution in [3.8, 4) is 5.75 Å². The van der Waals surface area contributed by atoms with Crippen LogP contribution in [0.2, 0.25) is 0 Å². The number of carbonyl (C=O) groups excluding carboxylic acids is 2. The minimum Gasteiger partial charge on any atom is -0.488 e. The Balaban J connectivity index is 1.59. The van der Waals surface area contributed by atoms with E-state index < -0.39 is 22.2 Å². The zero-order valence-electron chi connectivity index (χ0n) is 24.2. The van der Waals surface area contributed by atoms with Crippen LogP contribution >= 0.6 is 0 Å². The Morgan fingerprint density at radius 1 is 1.27 bits per heavy atom. The Kier molecular flexibility index (Phi) is 9.92. The first-order chi connectivity index (χ1) is 19.5. The number of fused-ring (bicyclic) bond motifs is 1. The zero-order chi connectivity index (χ0) is 29.7. The lowest BCUT2D eigenvalue weighted by molar-refractivity contribution is -0.134. The monoisotopic (exact) mass is 590 g/mol. The number of hydrogen-bond donors (Lipinski definition) is 3. The van der Waals surface area contributed by atoms with E-state index in [2.05, 4.69) is 15.6 Å². The number of rotatable bonds is 8. The summed E-state index contributed by atoms with van der Waals surface area (Å²) in [6.07, 6.45) is 7.56. The van der Waals surface area contributed by atoms with Gasteiger partial charge in [-0.25, -0.2) is 18.2 Å². The van der Waals surface area contributed by atoms with Crippen molar-refractivity contribution in [3.05, 3.63) is 36.3 Å². The lowest BCUT2D eigenvalue weighted by Gasteiger charge is -2.33. The van der Waals surface area contributed by atoms with Crippen LogP contribution in [0.15, 0.2) is 35.7 Å². The van der Waals surface area contributed by atoms with E-state index in [0.717, 1.165) is 25.7 Å². The van der Waals surface area contributed by atoms with Gasteiger partial charge in [0, 0.05) is 50.0 Å². The van der Waals surface area contributed by atoms with Crippen molar-refractivity contribution in [3.63, 3.8) is 0 Å². The SMILES string of the molecule is C[C@@H]1CN([C@H](C)CO)C(=O)Cc2cc(NC(=O)NC3CCCCC3)ccc2O[C@H]1CN(C)S(=O)(=O)c1cn(C)cn1. The van der Waals surface area contributed by atoms with E-state index in [1.54, 1.807) is 41.6 Å². The van der Waals surface area contributed by atoms with Crippen molar-refractivity contribution >= 4 is 27.6 Å². The van der Waals surface area contributed by atoms with Crippen molar-refractivity contribution < 1.29 is 27.9 Å². The average Bonchev–Trinajstić information content (AvgIpc) is 3.40. The number of urea groups is 1. The molecule has 12 nitrogen and oxygen atoms in total. The maximum atomic E-state index is 13.4. The van der Waals surface area contributed by atoms with Crippen LogP contribution in [0, 0.1) is 5.92 Å². The highest BCUT2D eigenvalue weighted by molar-refractivity contribution is 7.89. The van der Waals surface area contributed by atoms with Gasteiger partial charge in [0.25, 0.3) is 10.0 Å².